The van der Waals surface area contributed by atoms with E-state index in [1.165, 1.54) is 11.6 Å². The van der Waals surface area contributed by atoms with Crippen LogP contribution < -0.4 is 15.4 Å². The molecule has 0 saturated carbocycles. The molecule has 2 aromatic carbocycles. The van der Waals surface area contributed by atoms with E-state index in [0.717, 1.165) is 23.8 Å². The molecule has 0 unspecified atom stereocenters. The molecule has 0 fully saturated rings. The molecule has 2 N–H and O–H groups in total. The summed E-state index contributed by atoms with van der Waals surface area (Å²) < 4.78 is 21.0. The van der Waals surface area contributed by atoms with Gasteiger partial charge < -0.3 is 19.9 Å². The molecular weight excluding hydrogens is 395 g/mol. The van der Waals surface area contributed by atoms with Gasteiger partial charge in [0.05, 0.1) is 7.11 Å². The fourth-order valence-corrected chi connectivity index (χ4v) is 3.05. The molecule has 0 radical (unpaired) electrons. The van der Waals surface area contributed by atoms with Crippen molar-refractivity contribution in [3.8, 4) is 5.75 Å². The third kappa shape index (κ3) is 6.53. The number of aliphatic imine (C=N–C) groups is 1. The Morgan fingerprint density at radius 1 is 1.03 bits per heavy atom. The lowest BCUT2D eigenvalue weighted by Crippen LogP contribution is -2.39. The molecule has 0 aliphatic carbocycles. The van der Waals surface area contributed by atoms with E-state index in [-0.39, 0.29) is 5.82 Å². The number of nitrogens with one attached hydrogen (secondary N) is 2. The summed E-state index contributed by atoms with van der Waals surface area (Å²) in [7, 11) is 3.58. The molecule has 3 rings (SSSR count). The zero-order chi connectivity index (χ0) is 22.1. The Morgan fingerprint density at radius 3 is 2.39 bits per heavy atom. The first-order valence-corrected chi connectivity index (χ1v) is 10.3. The van der Waals surface area contributed by atoms with E-state index in [9.17, 15) is 4.39 Å². The van der Waals surface area contributed by atoms with Gasteiger partial charge in [0, 0.05) is 20.1 Å². The number of methoxy groups -OCH3 is 1. The van der Waals surface area contributed by atoms with Crippen LogP contribution in [0.25, 0.3) is 0 Å². The second-order valence-corrected chi connectivity index (χ2v) is 7.18. The Kier molecular flexibility index (Phi) is 7.98. The number of halogens is 1. The summed E-state index contributed by atoms with van der Waals surface area (Å²) in [6.07, 6.45) is 1.40. The molecule has 8 heteroatoms. The molecule has 0 spiro atoms. The zero-order valence-corrected chi connectivity index (χ0v) is 18.2. The van der Waals surface area contributed by atoms with Crippen LogP contribution in [0.2, 0.25) is 0 Å². The van der Waals surface area contributed by atoms with Gasteiger partial charge in [0.1, 0.15) is 23.9 Å². The van der Waals surface area contributed by atoms with E-state index in [2.05, 4.69) is 25.8 Å². The van der Waals surface area contributed by atoms with Crippen molar-refractivity contribution in [2.75, 3.05) is 20.2 Å². The van der Waals surface area contributed by atoms with Gasteiger partial charge in [-0.3, -0.25) is 0 Å². The lowest BCUT2D eigenvalue weighted by Gasteiger charge is -2.13. The Hall–Kier alpha value is -3.42. The highest BCUT2D eigenvalue weighted by Gasteiger charge is 2.06. The van der Waals surface area contributed by atoms with Crippen LogP contribution in [0.15, 0.2) is 53.5 Å². The molecule has 0 aliphatic rings. The number of hydrogen-bond acceptors (Lipinski definition) is 4. The Bertz CT molecular complexity index is 1000. The number of guanidine groups is 1. The van der Waals surface area contributed by atoms with Crippen molar-refractivity contribution in [3.63, 3.8) is 0 Å². The fourth-order valence-electron chi connectivity index (χ4n) is 3.05. The third-order valence-electron chi connectivity index (χ3n) is 5.07. The van der Waals surface area contributed by atoms with Crippen molar-refractivity contribution in [2.45, 2.75) is 26.3 Å². The van der Waals surface area contributed by atoms with E-state index in [4.69, 9.17) is 4.74 Å². The first-order valence-electron chi connectivity index (χ1n) is 10.3. The van der Waals surface area contributed by atoms with Crippen LogP contribution in [0, 0.1) is 12.7 Å². The van der Waals surface area contributed by atoms with Crippen LogP contribution in [0.4, 0.5) is 4.39 Å². The number of aromatic nitrogens is 3. The number of aryl methyl sites for hydroxylation is 1. The highest BCUT2D eigenvalue weighted by atomic mass is 19.1. The smallest absolute Gasteiger partial charge is 0.191 e. The molecule has 0 aliphatic heterocycles. The lowest BCUT2D eigenvalue weighted by atomic mass is 10.1. The van der Waals surface area contributed by atoms with Crippen LogP contribution >= 0.6 is 0 Å². The normalized spacial score (nSPS) is 11.4. The Morgan fingerprint density at radius 2 is 1.74 bits per heavy atom. The molecule has 0 atom stereocenters. The predicted molar refractivity (Wildman–Crippen MR) is 120 cm³/mol. The van der Waals surface area contributed by atoms with Crippen LogP contribution in [-0.4, -0.2) is 40.9 Å². The van der Waals surface area contributed by atoms with Crippen LogP contribution in [0.3, 0.4) is 0 Å². The average molecular weight is 425 g/mol. The molecule has 3 aromatic rings. The number of hydrogen-bond donors (Lipinski definition) is 2. The molecule has 1 heterocycles. The number of nitrogens with zero attached hydrogens (tertiary/aromatic N) is 4. The lowest BCUT2D eigenvalue weighted by molar-refractivity contribution is 0.414. The monoisotopic (exact) mass is 424 g/mol. The van der Waals surface area contributed by atoms with Crippen LogP contribution in [-0.2, 0) is 26.4 Å². The molecule has 31 heavy (non-hydrogen) atoms. The summed E-state index contributed by atoms with van der Waals surface area (Å²) in [5.41, 5.74) is 1.87. The SMILES string of the molecule is COc1ccc(CCNC(=NCc2nnc(C)n2C)NCCc2ccccc2F)cc1. The van der Waals surface area contributed by atoms with Gasteiger partial charge in [0.2, 0.25) is 0 Å². The maximum Gasteiger partial charge on any atom is 0.191 e. The van der Waals surface area contributed by atoms with Gasteiger partial charge in [-0.05, 0) is 49.1 Å². The molecule has 0 bridgehead atoms. The van der Waals surface area contributed by atoms with E-state index in [1.807, 2.05) is 48.9 Å². The average Bonchev–Trinajstić information content (AvgIpc) is 3.11. The Balaban J connectivity index is 1.59. The quantitative estimate of drug-likeness (QED) is 0.408. The highest BCUT2D eigenvalue weighted by Crippen LogP contribution is 2.11. The van der Waals surface area contributed by atoms with Gasteiger partial charge in [-0.1, -0.05) is 30.3 Å². The summed E-state index contributed by atoms with van der Waals surface area (Å²) in [6, 6.07) is 14.8. The van der Waals surface area contributed by atoms with Gasteiger partial charge in [-0.2, -0.15) is 0 Å². The summed E-state index contributed by atoms with van der Waals surface area (Å²) in [6.45, 7) is 3.57. The topological polar surface area (TPSA) is 76.4 Å². The second kappa shape index (κ2) is 11.1. The van der Waals surface area contributed by atoms with Crippen molar-refractivity contribution in [3.05, 3.63) is 77.1 Å². The van der Waals surface area contributed by atoms with Crippen LogP contribution in [0.5, 0.6) is 5.75 Å². The summed E-state index contributed by atoms with van der Waals surface area (Å²) >= 11 is 0. The highest BCUT2D eigenvalue weighted by molar-refractivity contribution is 5.79. The molecule has 0 amide bonds. The number of ether oxygens (including phenoxy) is 1. The van der Waals surface area contributed by atoms with Gasteiger partial charge >= 0.3 is 0 Å². The maximum atomic E-state index is 13.9. The van der Waals surface area contributed by atoms with Crippen molar-refractivity contribution in [1.82, 2.24) is 25.4 Å². The summed E-state index contributed by atoms with van der Waals surface area (Å²) in [5.74, 6) is 2.93. The van der Waals surface area contributed by atoms with E-state index < -0.39 is 0 Å². The predicted octanol–water partition coefficient (Wildman–Crippen LogP) is 2.79. The number of benzene rings is 2. The first-order chi connectivity index (χ1) is 15.1. The van der Waals surface area contributed by atoms with Gasteiger partial charge in [0.15, 0.2) is 11.8 Å². The number of rotatable bonds is 9. The second-order valence-electron chi connectivity index (χ2n) is 7.18. The minimum absolute atomic E-state index is 0.190. The molecular formula is C23H29FN6O. The summed E-state index contributed by atoms with van der Waals surface area (Å²) in [4.78, 5) is 4.64. The standard InChI is InChI=1S/C23H29FN6O/c1-17-28-29-22(30(17)2)16-27-23(26-15-13-19-6-4-5-7-21(19)24)25-14-12-18-8-10-20(31-3)11-9-18/h4-11H,12-16H2,1-3H3,(H2,25,26,27). The summed E-state index contributed by atoms with van der Waals surface area (Å²) in [5, 5.41) is 14.9. The van der Waals surface area contributed by atoms with Crippen molar-refractivity contribution in [2.24, 2.45) is 12.0 Å². The van der Waals surface area contributed by atoms with Crippen molar-refractivity contribution >= 4 is 5.96 Å². The van der Waals surface area contributed by atoms with E-state index in [1.54, 1.807) is 19.2 Å². The minimum atomic E-state index is -0.190. The third-order valence-corrected chi connectivity index (χ3v) is 5.07. The van der Waals surface area contributed by atoms with Gasteiger partial charge in [-0.25, -0.2) is 9.38 Å². The first kappa shape index (κ1) is 22.3. The molecule has 1 aromatic heterocycles. The van der Waals surface area contributed by atoms with Crippen LogP contribution in [0.1, 0.15) is 22.8 Å². The van der Waals surface area contributed by atoms with Gasteiger partial charge in [-0.15, -0.1) is 10.2 Å². The minimum Gasteiger partial charge on any atom is -0.497 e. The molecule has 7 nitrogen and oxygen atoms in total. The zero-order valence-electron chi connectivity index (χ0n) is 18.2. The maximum absolute atomic E-state index is 13.9. The van der Waals surface area contributed by atoms with E-state index >= 15 is 0 Å². The van der Waals surface area contributed by atoms with Crippen molar-refractivity contribution in [1.29, 1.82) is 0 Å². The molecule has 0 saturated heterocycles. The molecule has 164 valence electrons. The fraction of sp³-hybridized carbons (Fsp3) is 0.348. The van der Waals surface area contributed by atoms with Crippen molar-refractivity contribution < 1.29 is 9.13 Å². The Labute approximate surface area is 182 Å². The van der Waals surface area contributed by atoms with E-state index in [0.29, 0.717) is 37.6 Å². The largest absolute Gasteiger partial charge is 0.497 e. The van der Waals surface area contributed by atoms with Gasteiger partial charge in [0.25, 0.3) is 0 Å².